The minimum atomic E-state index is -1.20. The molecule has 0 fully saturated rings. The van der Waals surface area contributed by atoms with E-state index in [0.29, 0.717) is 10.1 Å². The summed E-state index contributed by atoms with van der Waals surface area (Å²) in [6.07, 6.45) is -0.102. The fraction of sp³-hybridized carbons (Fsp3) is 0.421. The molecule has 2 rings (SSSR count). The molecule has 2 N–H and O–H groups in total. The third-order valence-corrected chi connectivity index (χ3v) is 4.75. The molecule has 0 aliphatic carbocycles. The largest absolute Gasteiger partial charge is 0.497 e. The number of esters is 1. The Morgan fingerprint density at radius 1 is 1.10 bits per heavy atom. The van der Waals surface area contributed by atoms with Crippen molar-refractivity contribution in [3.05, 3.63) is 24.3 Å². The molecule has 2 amide bonds. The second kappa shape index (κ2) is 9.97. The van der Waals surface area contributed by atoms with Crippen LogP contribution in [0.3, 0.4) is 0 Å². The van der Waals surface area contributed by atoms with Crippen molar-refractivity contribution >= 4 is 34.3 Å². The van der Waals surface area contributed by atoms with E-state index < -0.39 is 23.3 Å². The summed E-state index contributed by atoms with van der Waals surface area (Å²) in [4.78, 5) is 35.9. The molecule has 156 valence electrons. The van der Waals surface area contributed by atoms with Gasteiger partial charge in [0.15, 0.2) is 0 Å². The summed E-state index contributed by atoms with van der Waals surface area (Å²) in [6.45, 7) is 5.08. The first-order valence-corrected chi connectivity index (χ1v) is 9.83. The molecule has 29 heavy (non-hydrogen) atoms. The van der Waals surface area contributed by atoms with Crippen LogP contribution in [0.25, 0.3) is 10.6 Å². The Morgan fingerprint density at radius 2 is 1.79 bits per heavy atom. The van der Waals surface area contributed by atoms with Crippen LogP contribution in [0.4, 0.5) is 5.13 Å². The average Bonchev–Trinajstić information content (AvgIpc) is 3.15. The van der Waals surface area contributed by atoms with E-state index in [2.05, 4.69) is 20.8 Å². The van der Waals surface area contributed by atoms with Crippen molar-refractivity contribution in [3.63, 3.8) is 0 Å². The second-order valence-corrected chi connectivity index (χ2v) is 7.55. The third-order valence-electron chi connectivity index (χ3n) is 3.86. The van der Waals surface area contributed by atoms with E-state index in [1.165, 1.54) is 11.3 Å². The number of carbonyl (C=O) groups is 3. The number of amides is 2. The van der Waals surface area contributed by atoms with Gasteiger partial charge in [0.05, 0.1) is 20.1 Å². The molecule has 2 aromatic rings. The highest BCUT2D eigenvalue weighted by Crippen LogP contribution is 2.28. The number of carbonyl (C=O) groups excluding carboxylic acids is 3. The number of hydrogen-bond acceptors (Lipinski definition) is 8. The zero-order valence-electron chi connectivity index (χ0n) is 16.8. The summed E-state index contributed by atoms with van der Waals surface area (Å²) in [5, 5.41) is 14.3. The lowest BCUT2D eigenvalue weighted by Crippen LogP contribution is -2.52. The zero-order valence-corrected chi connectivity index (χ0v) is 17.6. The fourth-order valence-electron chi connectivity index (χ4n) is 2.29. The van der Waals surface area contributed by atoms with Gasteiger partial charge in [0, 0.05) is 12.0 Å². The third kappa shape index (κ3) is 6.53. The van der Waals surface area contributed by atoms with Gasteiger partial charge in [-0.05, 0) is 45.0 Å². The summed E-state index contributed by atoms with van der Waals surface area (Å²) in [5.74, 6) is -0.592. The minimum absolute atomic E-state index is 0.0427. The molecule has 0 unspecified atom stereocenters. The molecular formula is C19H24N4O5S. The van der Waals surface area contributed by atoms with Crippen LogP contribution in [0.15, 0.2) is 24.3 Å². The molecule has 10 heteroatoms. The second-order valence-electron chi connectivity index (χ2n) is 6.57. The fourth-order valence-corrected chi connectivity index (χ4v) is 3.04. The average molecular weight is 420 g/mol. The Morgan fingerprint density at radius 3 is 2.41 bits per heavy atom. The van der Waals surface area contributed by atoms with Crippen LogP contribution in [0.2, 0.25) is 0 Å². The van der Waals surface area contributed by atoms with Gasteiger partial charge in [-0.1, -0.05) is 11.3 Å². The molecule has 0 bridgehead atoms. The number of nitrogens with zero attached hydrogens (tertiary/aromatic N) is 2. The predicted molar refractivity (Wildman–Crippen MR) is 109 cm³/mol. The number of anilines is 1. The molecule has 0 spiro atoms. The first-order valence-electron chi connectivity index (χ1n) is 9.01. The number of ether oxygens (including phenoxy) is 2. The van der Waals surface area contributed by atoms with Crippen LogP contribution in [0.1, 0.15) is 33.6 Å². The van der Waals surface area contributed by atoms with Crippen molar-refractivity contribution in [1.82, 2.24) is 15.5 Å². The van der Waals surface area contributed by atoms with Gasteiger partial charge in [-0.25, -0.2) is 0 Å². The van der Waals surface area contributed by atoms with Crippen molar-refractivity contribution in [1.29, 1.82) is 0 Å². The van der Waals surface area contributed by atoms with Crippen LogP contribution in [-0.4, -0.2) is 47.2 Å². The van der Waals surface area contributed by atoms with Gasteiger partial charge in [0.2, 0.25) is 11.0 Å². The molecule has 0 saturated heterocycles. The molecule has 1 heterocycles. The molecule has 1 aromatic heterocycles. The normalized spacial score (nSPS) is 10.9. The van der Waals surface area contributed by atoms with Crippen molar-refractivity contribution in [2.24, 2.45) is 0 Å². The van der Waals surface area contributed by atoms with E-state index >= 15 is 0 Å². The van der Waals surface area contributed by atoms with Gasteiger partial charge >= 0.3 is 5.97 Å². The first kappa shape index (κ1) is 22.3. The van der Waals surface area contributed by atoms with Crippen LogP contribution in [0.5, 0.6) is 5.75 Å². The summed E-state index contributed by atoms with van der Waals surface area (Å²) in [5.41, 5.74) is -0.354. The van der Waals surface area contributed by atoms with Gasteiger partial charge in [-0.2, -0.15) is 0 Å². The van der Waals surface area contributed by atoms with Gasteiger partial charge < -0.3 is 14.8 Å². The Balaban J connectivity index is 1.93. The molecule has 0 aliphatic rings. The van der Waals surface area contributed by atoms with Crippen molar-refractivity contribution in [2.75, 3.05) is 19.0 Å². The predicted octanol–water partition coefficient (Wildman–Crippen LogP) is 2.39. The molecule has 1 aromatic carbocycles. The highest BCUT2D eigenvalue weighted by Gasteiger charge is 2.30. The van der Waals surface area contributed by atoms with Gasteiger partial charge in [0.1, 0.15) is 16.3 Å². The molecule has 0 atom stereocenters. The van der Waals surface area contributed by atoms with E-state index in [9.17, 15) is 14.4 Å². The molecular weight excluding hydrogens is 396 g/mol. The zero-order chi connectivity index (χ0) is 21.4. The Kier molecular flexibility index (Phi) is 7.66. The maximum atomic E-state index is 12.5. The van der Waals surface area contributed by atoms with Crippen molar-refractivity contribution in [3.8, 4) is 16.3 Å². The standard InChI is InChI=1S/C19H24N4O5S/c1-5-28-15(25)11-10-14(24)21-19(2,3)17(26)20-18-23-22-16(29-18)12-6-8-13(27-4)9-7-12/h6-9H,5,10-11H2,1-4H3,(H,21,24)(H,20,23,26). The van der Waals surface area contributed by atoms with Crippen LogP contribution in [-0.2, 0) is 19.1 Å². The van der Waals surface area contributed by atoms with Crippen molar-refractivity contribution in [2.45, 2.75) is 39.2 Å². The van der Waals surface area contributed by atoms with E-state index in [0.717, 1.165) is 11.3 Å². The monoisotopic (exact) mass is 420 g/mol. The van der Waals surface area contributed by atoms with Gasteiger partial charge in [-0.3, -0.25) is 19.7 Å². The van der Waals surface area contributed by atoms with Crippen LogP contribution in [0, 0.1) is 0 Å². The molecule has 0 saturated carbocycles. The number of aromatic nitrogens is 2. The topological polar surface area (TPSA) is 120 Å². The minimum Gasteiger partial charge on any atom is -0.497 e. The number of methoxy groups -OCH3 is 1. The lowest BCUT2D eigenvalue weighted by Gasteiger charge is -2.24. The maximum absolute atomic E-state index is 12.5. The van der Waals surface area contributed by atoms with E-state index in [4.69, 9.17) is 9.47 Å². The number of nitrogens with one attached hydrogen (secondary N) is 2. The number of benzene rings is 1. The highest BCUT2D eigenvalue weighted by atomic mass is 32.1. The Bertz CT molecular complexity index is 864. The van der Waals surface area contributed by atoms with E-state index in [1.807, 2.05) is 24.3 Å². The van der Waals surface area contributed by atoms with E-state index in [-0.39, 0.29) is 19.4 Å². The molecule has 0 aliphatic heterocycles. The summed E-state index contributed by atoms with van der Waals surface area (Å²) < 4.78 is 9.91. The van der Waals surface area contributed by atoms with Crippen LogP contribution >= 0.6 is 11.3 Å². The Labute approximate surface area is 172 Å². The summed E-state index contributed by atoms with van der Waals surface area (Å²) in [6, 6.07) is 7.31. The van der Waals surface area contributed by atoms with Crippen LogP contribution < -0.4 is 15.4 Å². The maximum Gasteiger partial charge on any atom is 0.306 e. The molecule has 0 radical (unpaired) electrons. The lowest BCUT2D eigenvalue weighted by molar-refractivity contribution is -0.144. The first-order chi connectivity index (χ1) is 13.7. The van der Waals surface area contributed by atoms with Crippen molar-refractivity contribution < 1.29 is 23.9 Å². The number of hydrogen-bond donors (Lipinski definition) is 2. The van der Waals surface area contributed by atoms with Gasteiger partial charge in [0.25, 0.3) is 5.91 Å². The lowest BCUT2D eigenvalue weighted by atomic mass is 10.0. The Hall–Kier alpha value is -3.01. The SMILES string of the molecule is CCOC(=O)CCC(=O)NC(C)(C)C(=O)Nc1nnc(-c2ccc(OC)cc2)s1. The summed E-state index contributed by atoms with van der Waals surface area (Å²) in [7, 11) is 1.59. The van der Waals surface area contributed by atoms with Gasteiger partial charge in [-0.15, -0.1) is 10.2 Å². The molecule has 9 nitrogen and oxygen atoms in total. The number of rotatable bonds is 9. The smallest absolute Gasteiger partial charge is 0.306 e. The quantitative estimate of drug-likeness (QED) is 0.598. The highest BCUT2D eigenvalue weighted by molar-refractivity contribution is 7.18. The van der Waals surface area contributed by atoms with E-state index in [1.54, 1.807) is 27.9 Å². The summed E-state index contributed by atoms with van der Waals surface area (Å²) >= 11 is 1.21.